The standard InChI is InChI=1S/C23H24N4O2/c1-14(2)12-19-20-21(17-6-4-5-7-18(17)29-19)26-23-24-13-25-27(23)22(20)15-8-10-16(28-3)11-9-15/h4-11,13-14,19,22H,12H2,1-3H3,(H,24,25,26)/t19-,22+/m0/s1. The Morgan fingerprint density at radius 1 is 1.14 bits per heavy atom. The van der Waals surface area contributed by atoms with Crippen molar-refractivity contribution in [2.24, 2.45) is 5.92 Å². The average Bonchev–Trinajstić information content (AvgIpc) is 3.20. The van der Waals surface area contributed by atoms with Gasteiger partial charge in [0.05, 0.1) is 12.8 Å². The van der Waals surface area contributed by atoms with E-state index in [1.54, 1.807) is 13.4 Å². The first-order valence-corrected chi connectivity index (χ1v) is 9.96. The van der Waals surface area contributed by atoms with Crippen LogP contribution in [-0.2, 0) is 0 Å². The molecule has 5 rings (SSSR count). The van der Waals surface area contributed by atoms with Crippen LogP contribution in [0.15, 0.2) is 60.4 Å². The highest BCUT2D eigenvalue weighted by molar-refractivity contribution is 5.84. The molecule has 0 unspecified atom stereocenters. The van der Waals surface area contributed by atoms with Crippen LogP contribution in [0.3, 0.4) is 0 Å². The Kier molecular flexibility index (Phi) is 4.27. The monoisotopic (exact) mass is 388 g/mol. The predicted molar refractivity (Wildman–Crippen MR) is 112 cm³/mol. The smallest absolute Gasteiger partial charge is 0.226 e. The molecule has 0 amide bonds. The Balaban J connectivity index is 1.72. The van der Waals surface area contributed by atoms with E-state index in [2.05, 4.69) is 47.4 Å². The molecule has 3 aromatic rings. The molecule has 29 heavy (non-hydrogen) atoms. The van der Waals surface area contributed by atoms with Gasteiger partial charge in [0.2, 0.25) is 5.95 Å². The summed E-state index contributed by atoms with van der Waals surface area (Å²) in [5.74, 6) is 2.97. The highest BCUT2D eigenvalue weighted by atomic mass is 16.5. The van der Waals surface area contributed by atoms with E-state index in [-0.39, 0.29) is 12.1 Å². The van der Waals surface area contributed by atoms with Crippen molar-refractivity contribution in [3.63, 3.8) is 0 Å². The fourth-order valence-electron chi connectivity index (χ4n) is 4.24. The molecular formula is C23H24N4O2. The summed E-state index contributed by atoms with van der Waals surface area (Å²) in [5, 5.41) is 8.06. The molecule has 0 bridgehead atoms. The lowest BCUT2D eigenvalue weighted by Gasteiger charge is -2.39. The fraction of sp³-hybridized carbons (Fsp3) is 0.304. The lowest BCUT2D eigenvalue weighted by Crippen LogP contribution is -2.37. The van der Waals surface area contributed by atoms with Gasteiger partial charge in [0, 0.05) is 11.1 Å². The van der Waals surface area contributed by atoms with Gasteiger partial charge < -0.3 is 14.8 Å². The van der Waals surface area contributed by atoms with Crippen LogP contribution in [0.25, 0.3) is 5.70 Å². The Morgan fingerprint density at radius 3 is 2.69 bits per heavy atom. The van der Waals surface area contributed by atoms with Crippen LogP contribution in [0, 0.1) is 5.92 Å². The van der Waals surface area contributed by atoms with E-state index in [0.717, 1.165) is 40.7 Å². The minimum atomic E-state index is -0.0910. The number of hydrogen-bond acceptors (Lipinski definition) is 5. The van der Waals surface area contributed by atoms with Crippen molar-refractivity contribution in [3.8, 4) is 11.5 Å². The van der Waals surface area contributed by atoms with Gasteiger partial charge in [-0.15, -0.1) is 0 Å². The lowest BCUT2D eigenvalue weighted by molar-refractivity contribution is 0.191. The van der Waals surface area contributed by atoms with E-state index in [9.17, 15) is 0 Å². The zero-order valence-corrected chi connectivity index (χ0v) is 16.8. The molecule has 2 aromatic carbocycles. The molecule has 0 aliphatic carbocycles. The van der Waals surface area contributed by atoms with Crippen LogP contribution < -0.4 is 14.8 Å². The van der Waals surface area contributed by atoms with Gasteiger partial charge in [-0.2, -0.15) is 10.1 Å². The number of para-hydroxylation sites is 1. The molecular weight excluding hydrogens is 364 g/mol. The quantitative estimate of drug-likeness (QED) is 0.712. The van der Waals surface area contributed by atoms with Crippen LogP contribution in [0.2, 0.25) is 0 Å². The fourth-order valence-corrected chi connectivity index (χ4v) is 4.24. The second-order valence-corrected chi connectivity index (χ2v) is 7.89. The number of rotatable bonds is 4. The van der Waals surface area contributed by atoms with Gasteiger partial charge >= 0.3 is 0 Å². The summed E-state index contributed by atoms with van der Waals surface area (Å²) >= 11 is 0. The van der Waals surface area contributed by atoms with Crippen LogP contribution in [0.1, 0.15) is 37.4 Å². The summed E-state index contributed by atoms with van der Waals surface area (Å²) in [6, 6.07) is 16.3. The summed E-state index contributed by atoms with van der Waals surface area (Å²) in [4.78, 5) is 4.46. The first-order chi connectivity index (χ1) is 14.2. The van der Waals surface area contributed by atoms with Crippen molar-refractivity contribution in [1.29, 1.82) is 0 Å². The normalized spacial score (nSPS) is 19.7. The first kappa shape index (κ1) is 17.8. The molecule has 1 aromatic heterocycles. The largest absolute Gasteiger partial charge is 0.497 e. The minimum absolute atomic E-state index is 0.0446. The summed E-state index contributed by atoms with van der Waals surface area (Å²) in [5.41, 5.74) is 4.47. The van der Waals surface area contributed by atoms with E-state index in [0.29, 0.717) is 5.92 Å². The number of anilines is 1. The maximum absolute atomic E-state index is 6.52. The van der Waals surface area contributed by atoms with Gasteiger partial charge in [0.1, 0.15) is 30.0 Å². The van der Waals surface area contributed by atoms with E-state index in [1.165, 1.54) is 5.57 Å². The number of hydrogen-bond donors (Lipinski definition) is 1. The Bertz CT molecular complexity index is 1070. The average molecular weight is 388 g/mol. The van der Waals surface area contributed by atoms with E-state index in [1.807, 2.05) is 35.0 Å². The van der Waals surface area contributed by atoms with Gasteiger partial charge in [-0.3, -0.25) is 0 Å². The molecule has 0 saturated heterocycles. The number of ether oxygens (including phenoxy) is 2. The van der Waals surface area contributed by atoms with Crippen LogP contribution in [0.5, 0.6) is 11.5 Å². The van der Waals surface area contributed by atoms with Gasteiger partial charge in [-0.25, -0.2) is 4.68 Å². The van der Waals surface area contributed by atoms with E-state index < -0.39 is 0 Å². The topological polar surface area (TPSA) is 61.2 Å². The van der Waals surface area contributed by atoms with E-state index >= 15 is 0 Å². The highest BCUT2D eigenvalue weighted by Crippen LogP contribution is 2.47. The zero-order valence-electron chi connectivity index (χ0n) is 16.8. The molecule has 6 nitrogen and oxygen atoms in total. The number of methoxy groups -OCH3 is 1. The molecule has 2 atom stereocenters. The maximum Gasteiger partial charge on any atom is 0.226 e. The number of fused-ring (bicyclic) bond motifs is 3. The van der Waals surface area contributed by atoms with Crippen molar-refractivity contribution in [3.05, 3.63) is 71.6 Å². The van der Waals surface area contributed by atoms with Gasteiger partial charge in [0.15, 0.2) is 0 Å². The van der Waals surface area contributed by atoms with Gasteiger partial charge in [-0.1, -0.05) is 38.1 Å². The maximum atomic E-state index is 6.52. The molecule has 0 saturated carbocycles. The van der Waals surface area contributed by atoms with Crippen LogP contribution >= 0.6 is 0 Å². The zero-order chi connectivity index (χ0) is 20.0. The number of aromatic nitrogens is 3. The third-order valence-corrected chi connectivity index (χ3v) is 5.53. The van der Waals surface area contributed by atoms with Gasteiger partial charge in [-0.05, 0) is 42.2 Å². The molecule has 6 heteroatoms. The second-order valence-electron chi connectivity index (χ2n) is 7.89. The third kappa shape index (κ3) is 2.95. The van der Waals surface area contributed by atoms with Crippen molar-refractivity contribution in [2.45, 2.75) is 32.4 Å². The molecule has 1 N–H and O–H groups in total. The summed E-state index contributed by atoms with van der Waals surface area (Å²) in [6.07, 6.45) is 2.48. The van der Waals surface area contributed by atoms with Crippen molar-refractivity contribution >= 4 is 11.6 Å². The SMILES string of the molecule is COc1ccc([C@@H]2C3=C(Nc4ncnn42)c2ccccc2O[C@H]3CC(C)C)cc1. The second kappa shape index (κ2) is 6.95. The molecule has 0 spiro atoms. The van der Waals surface area contributed by atoms with Crippen molar-refractivity contribution in [1.82, 2.24) is 14.8 Å². The molecule has 3 heterocycles. The van der Waals surface area contributed by atoms with Crippen LogP contribution in [-0.4, -0.2) is 28.0 Å². The predicted octanol–water partition coefficient (Wildman–Crippen LogP) is 4.52. The molecule has 2 aliphatic rings. The van der Waals surface area contributed by atoms with Crippen molar-refractivity contribution < 1.29 is 9.47 Å². The Morgan fingerprint density at radius 2 is 1.93 bits per heavy atom. The Hall–Kier alpha value is -3.28. The number of nitrogens with zero attached hydrogens (tertiary/aromatic N) is 3. The molecule has 2 aliphatic heterocycles. The number of benzene rings is 2. The molecule has 148 valence electrons. The van der Waals surface area contributed by atoms with Gasteiger partial charge in [0.25, 0.3) is 0 Å². The third-order valence-electron chi connectivity index (χ3n) is 5.53. The summed E-state index contributed by atoms with van der Waals surface area (Å²) < 4.78 is 13.8. The Labute approximate surface area is 170 Å². The van der Waals surface area contributed by atoms with Crippen LogP contribution in [0.4, 0.5) is 5.95 Å². The lowest BCUT2D eigenvalue weighted by atomic mass is 9.84. The van der Waals surface area contributed by atoms with E-state index in [4.69, 9.17) is 9.47 Å². The minimum Gasteiger partial charge on any atom is -0.497 e. The molecule has 0 radical (unpaired) electrons. The summed E-state index contributed by atoms with van der Waals surface area (Å²) in [7, 11) is 1.68. The number of nitrogens with one attached hydrogen (secondary N) is 1. The summed E-state index contributed by atoms with van der Waals surface area (Å²) in [6.45, 7) is 4.45. The highest BCUT2D eigenvalue weighted by Gasteiger charge is 2.40. The molecule has 0 fully saturated rings. The first-order valence-electron chi connectivity index (χ1n) is 9.96. The van der Waals surface area contributed by atoms with Crippen molar-refractivity contribution in [2.75, 3.05) is 12.4 Å².